The second-order valence-electron chi connectivity index (χ2n) is 5.93. The summed E-state index contributed by atoms with van der Waals surface area (Å²) >= 11 is 0. The number of rotatable bonds is 6. The number of benzene rings is 2. The van der Waals surface area contributed by atoms with Crippen LogP contribution in [0.1, 0.15) is 5.56 Å². The Morgan fingerprint density at radius 3 is 2.21 bits per heavy atom. The Kier molecular flexibility index (Phi) is 9.97. The number of amides is 1. The summed E-state index contributed by atoms with van der Waals surface area (Å²) in [7, 11) is -4.20. The van der Waals surface area contributed by atoms with Gasteiger partial charge in [-0.3, -0.25) is 14.6 Å². The van der Waals surface area contributed by atoms with E-state index in [9.17, 15) is 23.1 Å². The van der Waals surface area contributed by atoms with Gasteiger partial charge in [0.05, 0.1) is 4.90 Å². The monoisotopic (exact) mass is 430 g/mol. The molecule has 10 heteroatoms. The Hall–Kier alpha value is -1.26. The van der Waals surface area contributed by atoms with E-state index in [1.54, 1.807) is 30.3 Å². The van der Waals surface area contributed by atoms with Gasteiger partial charge >= 0.3 is 5.97 Å². The molecule has 0 bridgehead atoms. The van der Waals surface area contributed by atoms with Gasteiger partial charge in [0.1, 0.15) is 5.92 Å². The molecule has 0 aliphatic heterocycles. The van der Waals surface area contributed by atoms with E-state index in [0.29, 0.717) is 10.9 Å². The van der Waals surface area contributed by atoms with Crippen molar-refractivity contribution in [3.05, 3.63) is 72.6 Å². The topological polar surface area (TPSA) is 113 Å². The molecule has 3 aromatic rings. The molecule has 0 aliphatic rings. The van der Waals surface area contributed by atoms with E-state index in [4.69, 9.17) is 0 Å². The van der Waals surface area contributed by atoms with Crippen molar-refractivity contribution in [3.8, 4) is 0 Å². The van der Waals surface area contributed by atoms with Gasteiger partial charge < -0.3 is 5.11 Å². The summed E-state index contributed by atoms with van der Waals surface area (Å²) < 4.78 is 26.9. The minimum atomic E-state index is -4.20. The third-order valence-corrected chi connectivity index (χ3v) is 5.41. The number of carbonyl (C=O) groups is 2. The molecule has 1 aromatic heterocycles. The van der Waals surface area contributed by atoms with Gasteiger partial charge in [-0.1, -0.05) is 30.3 Å². The molecule has 0 saturated carbocycles. The number of carboxylic acid groups (broad SMARTS) is 1. The van der Waals surface area contributed by atoms with Gasteiger partial charge in [-0.2, -0.15) is 0 Å². The predicted octanol–water partition coefficient (Wildman–Crippen LogP) is 1.22. The van der Waals surface area contributed by atoms with Crippen LogP contribution in [0.5, 0.6) is 0 Å². The fourth-order valence-electron chi connectivity index (χ4n) is 2.64. The Balaban J connectivity index is 0.00000210. The summed E-state index contributed by atoms with van der Waals surface area (Å²) in [4.78, 5) is 27.5. The third kappa shape index (κ3) is 6.62. The summed E-state index contributed by atoms with van der Waals surface area (Å²) in [6, 6.07) is 14.8. The summed E-state index contributed by atoms with van der Waals surface area (Å²) in [5.74, 6) is -4.03. The summed E-state index contributed by atoms with van der Waals surface area (Å²) in [5, 5.41) is 10.9. The van der Waals surface area contributed by atoms with Crippen molar-refractivity contribution in [2.45, 2.75) is 11.3 Å². The van der Waals surface area contributed by atoms with E-state index in [0.717, 1.165) is 5.39 Å². The van der Waals surface area contributed by atoms with Gasteiger partial charge in [-0.05, 0) is 47.0 Å². The third-order valence-electron chi connectivity index (χ3n) is 4.07. The first-order valence-electron chi connectivity index (χ1n) is 8.04. The van der Waals surface area contributed by atoms with Crippen LogP contribution in [-0.4, -0.2) is 89.5 Å². The number of aromatic nitrogens is 1. The van der Waals surface area contributed by atoms with Crippen molar-refractivity contribution >= 4 is 91.8 Å². The molecule has 1 heterocycles. The smallest absolute Gasteiger partial charge is 0.316 e. The van der Waals surface area contributed by atoms with Gasteiger partial charge in [-0.25, -0.2) is 13.1 Å². The Bertz CT molecular complexity index is 1110. The number of fused-ring (bicyclic) bond motifs is 1. The Morgan fingerprint density at radius 2 is 1.59 bits per heavy atom. The van der Waals surface area contributed by atoms with E-state index in [1.165, 1.54) is 24.5 Å². The maximum absolute atomic E-state index is 12.5. The van der Waals surface area contributed by atoms with Gasteiger partial charge in [0.2, 0.25) is 5.91 Å². The molecule has 1 unspecified atom stereocenters. The number of nitrogens with zero attached hydrogens (tertiary/aromatic N) is 1. The van der Waals surface area contributed by atoms with Crippen LogP contribution in [0.15, 0.2) is 71.9 Å². The van der Waals surface area contributed by atoms with Crippen LogP contribution in [0.4, 0.5) is 0 Å². The average Bonchev–Trinajstić information content (AvgIpc) is 2.66. The van der Waals surface area contributed by atoms with E-state index in [-0.39, 0.29) is 70.4 Å². The summed E-state index contributed by atoms with van der Waals surface area (Å²) in [6.45, 7) is 0. The molecule has 0 saturated heterocycles. The molecule has 0 aliphatic carbocycles. The molecule has 7 nitrogen and oxygen atoms in total. The normalized spacial score (nSPS) is 11.6. The zero-order valence-electron chi connectivity index (χ0n) is 16.1. The number of nitrogens with one attached hydrogen (secondary N) is 1. The fourth-order valence-corrected chi connectivity index (χ4v) is 3.70. The van der Waals surface area contributed by atoms with Gasteiger partial charge in [-0.15, -0.1) is 0 Å². The second-order valence-corrected chi connectivity index (χ2v) is 7.61. The number of hydrogen-bond donors (Lipinski definition) is 2. The predicted molar refractivity (Wildman–Crippen MR) is 110 cm³/mol. The maximum Gasteiger partial charge on any atom is 0.316 e. The van der Waals surface area contributed by atoms with Crippen molar-refractivity contribution < 1.29 is 23.1 Å². The molecular weight excluding hydrogens is 414 g/mol. The quantitative estimate of drug-likeness (QED) is 0.449. The first kappa shape index (κ1) is 25.8. The van der Waals surface area contributed by atoms with Crippen LogP contribution < -0.4 is 4.72 Å². The molecule has 2 N–H and O–H groups in total. The number of sulfonamides is 1. The number of carbonyl (C=O) groups excluding carboxylic acids is 1. The zero-order valence-corrected chi connectivity index (χ0v) is 20.9. The molecule has 1 atom stereocenters. The van der Waals surface area contributed by atoms with Crippen molar-refractivity contribution in [1.82, 2.24) is 9.71 Å². The Morgan fingerprint density at radius 1 is 0.966 bits per heavy atom. The fraction of sp³-hybridized carbons (Fsp3) is 0.105. The number of pyridine rings is 1. The van der Waals surface area contributed by atoms with Crippen LogP contribution in [0.3, 0.4) is 0 Å². The van der Waals surface area contributed by atoms with E-state index in [1.807, 2.05) is 16.9 Å². The van der Waals surface area contributed by atoms with E-state index < -0.39 is 27.8 Å². The second kappa shape index (κ2) is 11.2. The van der Waals surface area contributed by atoms with Gasteiger partial charge in [0, 0.05) is 71.5 Å². The molecule has 3 rings (SSSR count). The summed E-state index contributed by atoms with van der Waals surface area (Å²) in [5.41, 5.74) is 0.565. The van der Waals surface area contributed by atoms with E-state index >= 15 is 0 Å². The average molecular weight is 430 g/mol. The van der Waals surface area contributed by atoms with E-state index in [2.05, 4.69) is 4.98 Å². The minimum absolute atomic E-state index is 0. The first-order chi connectivity index (χ1) is 12.9. The number of carboxylic acids is 1. The molecule has 2 radical (unpaired) electrons. The van der Waals surface area contributed by atoms with Gasteiger partial charge in [0.25, 0.3) is 10.0 Å². The van der Waals surface area contributed by atoms with Crippen LogP contribution in [-0.2, 0) is 26.0 Å². The molecule has 29 heavy (non-hydrogen) atoms. The SMILES string of the molecule is O=C(O)C(Cc1ccncc1)C(=O)NS(=O)(=O)c1ccc2ccccc2c1.[Na].[Na]. The number of hydrogen-bond acceptors (Lipinski definition) is 5. The summed E-state index contributed by atoms with van der Waals surface area (Å²) in [6.07, 6.45) is 2.80. The van der Waals surface area contributed by atoms with Crippen LogP contribution in [0.25, 0.3) is 10.8 Å². The standard InChI is InChI=1S/C19H16N2O5S.2Na/c22-18(17(19(23)24)11-13-7-9-20-10-8-13)21-27(25,26)16-6-5-14-3-1-2-4-15(14)12-16;;/h1-10,12,17H,11H2,(H,21,22)(H,23,24);;. The van der Waals surface area contributed by atoms with Crippen LogP contribution in [0.2, 0.25) is 0 Å². The zero-order chi connectivity index (χ0) is 19.4. The number of aliphatic carboxylic acids is 1. The molecular formula is C19H16N2Na2O5S. The van der Waals surface area contributed by atoms with Crippen molar-refractivity contribution in [1.29, 1.82) is 0 Å². The molecule has 0 spiro atoms. The van der Waals surface area contributed by atoms with Crippen molar-refractivity contribution in [3.63, 3.8) is 0 Å². The molecule has 0 fully saturated rings. The van der Waals surface area contributed by atoms with Crippen molar-refractivity contribution in [2.24, 2.45) is 5.92 Å². The first-order valence-corrected chi connectivity index (χ1v) is 9.52. The molecule has 1 amide bonds. The molecule has 140 valence electrons. The Labute approximate surface area is 212 Å². The minimum Gasteiger partial charge on any atom is -0.481 e. The van der Waals surface area contributed by atoms with Crippen LogP contribution in [0, 0.1) is 5.92 Å². The largest absolute Gasteiger partial charge is 0.481 e. The van der Waals surface area contributed by atoms with Crippen molar-refractivity contribution in [2.75, 3.05) is 0 Å². The van der Waals surface area contributed by atoms with Gasteiger partial charge in [0.15, 0.2) is 0 Å². The maximum atomic E-state index is 12.5. The van der Waals surface area contributed by atoms with Crippen LogP contribution >= 0.6 is 0 Å². The molecule has 2 aromatic carbocycles.